The van der Waals surface area contributed by atoms with Crippen LogP contribution in [0.4, 0.5) is 11.4 Å². The largest absolute Gasteiger partial charge is 0.481 e. The maximum Gasteiger partial charge on any atom is 0.265 e. The van der Waals surface area contributed by atoms with Gasteiger partial charge in [-0.25, -0.2) is 0 Å². The SMILES string of the molecule is Cc1c(N)cccc1NC(=O)[C@@H](C)Oc1ccc(Cl)cc1. The van der Waals surface area contributed by atoms with E-state index in [1.807, 2.05) is 6.92 Å². The predicted molar refractivity (Wildman–Crippen MR) is 85.8 cm³/mol. The number of hydrogen-bond donors (Lipinski definition) is 2. The summed E-state index contributed by atoms with van der Waals surface area (Å²) in [6, 6.07) is 12.3. The molecule has 5 heteroatoms. The number of nitrogen functional groups attached to an aromatic ring is 1. The van der Waals surface area contributed by atoms with Crippen LogP contribution >= 0.6 is 11.6 Å². The van der Waals surface area contributed by atoms with Crippen molar-refractivity contribution in [2.75, 3.05) is 11.1 Å². The molecule has 0 aliphatic rings. The van der Waals surface area contributed by atoms with E-state index in [4.69, 9.17) is 22.1 Å². The average Bonchev–Trinajstić information content (AvgIpc) is 2.46. The first kappa shape index (κ1) is 15.2. The molecule has 110 valence electrons. The standard InChI is InChI=1S/C16H17ClN2O2/c1-10-14(18)4-3-5-15(10)19-16(20)11(2)21-13-8-6-12(17)7-9-13/h3-9,11H,18H2,1-2H3,(H,19,20)/t11-/m1/s1. The summed E-state index contributed by atoms with van der Waals surface area (Å²) in [5.41, 5.74) is 7.98. The molecule has 4 nitrogen and oxygen atoms in total. The van der Waals surface area contributed by atoms with Gasteiger partial charge in [-0.3, -0.25) is 4.79 Å². The van der Waals surface area contributed by atoms with E-state index in [1.54, 1.807) is 49.4 Å². The molecule has 0 fully saturated rings. The van der Waals surface area contributed by atoms with Crippen molar-refractivity contribution in [3.63, 3.8) is 0 Å². The van der Waals surface area contributed by atoms with Crippen molar-refractivity contribution < 1.29 is 9.53 Å². The van der Waals surface area contributed by atoms with Crippen LogP contribution in [-0.4, -0.2) is 12.0 Å². The third-order valence-corrected chi connectivity index (χ3v) is 3.38. The first-order chi connectivity index (χ1) is 9.97. The lowest BCUT2D eigenvalue weighted by Gasteiger charge is -2.16. The van der Waals surface area contributed by atoms with Crippen molar-refractivity contribution >= 4 is 28.9 Å². The number of hydrogen-bond acceptors (Lipinski definition) is 3. The third-order valence-electron chi connectivity index (χ3n) is 3.13. The maximum absolute atomic E-state index is 12.1. The molecule has 1 atom stereocenters. The van der Waals surface area contributed by atoms with E-state index in [0.29, 0.717) is 22.1 Å². The van der Waals surface area contributed by atoms with Crippen molar-refractivity contribution in [2.45, 2.75) is 20.0 Å². The van der Waals surface area contributed by atoms with Gasteiger partial charge in [-0.2, -0.15) is 0 Å². The fourth-order valence-corrected chi connectivity index (χ4v) is 1.92. The Morgan fingerprint density at radius 1 is 1.24 bits per heavy atom. The van der Waals surface area contributed by atoms with Gasteiger partial charge >= 0.3 is 0 Å². The summed E-state index contributed by atoms with van der Waals surface area (Å²) in [6.07, 6.45) is -0.632. The molecular weight excluding hydrogens is 288 g/mol. The average molecular weight is 305 g/mol. The van der Waals surface area contributed by atoms with Crippen molar-refractivity contribution in [2.24, 2.45) is 0 Å². The number of amides is 1. The molecule has 0 aliphatic heterocycles. The van der Waals surface area contributed by atoms with Crippen LogP contribution in [0, 0.1) is 6.92 Å². The van der Waals surface area contributed by atoms with E-state index < -0.39 is 6.10 Å². The smallest absolute Gasteiger partial charge is 0.265 e. The first-order valence-corrected chi connectivity index (χ1v) is 6.93. The van der Waals surface area contributed by atoms with E-state index >= 15 is 0 Å². The number of ether oxygens (including phenoxy) is 1. The van der Waals surface area contributed by atoms with Crippen LogP contribution in [0.1, 0.15) is 12.5 Å². The lowest BCUT2D eigenvalue weighted by atomic mass is 10.1. The predicted octanol–water partition coefficient (Wildman–Crippen LogP) is 3.64. The van der Waals surface area contributed by atoms with Crippen molar-refractivity contribution in [3.8, 4) is 5.75 Å². The van der Waals surface area contributed by atoms with E-state index in [0.717, 1.165) is 5.56 Å². The normalized spacial score (nSPS) is 11.8. The zero-order valence-electron chi connectivity index (χ0n) is 11.9. The van der Waals surface area contributed by atoms with Gasteiger partial charge in [0.05, 0.1) is 0 Å². The Morgan fingerprint density at radius 3 is 2.57 bits per heavy atom. The lowest BCUT2D eigenvalue weighted by molar-refractivity contribution is -0.122. The van der Waals surface area contributed by atoms with Crippen LogP contribution in [0.25, 0.3) is 0 Å². The summed E-state index contributed by atoms with van der Waals surface area (Å²) in [6.45, 7) is 3.54. The van der Waals surface area contributed by atoms with E-state index in [-0.39, 0.29) is 5.91 Å². The highest BCUT2D eigenvalue weighted by molar-refractivity contribution is 6.30. The van der Waals surface area contributed by atoms with E-state index in [1.165, 1.54) is 0 Å². The topological polar surface area (TPSA) is 64.3 Å². The number of carbonyl (C=O) groups is 1. The first-order valence-electron chi connectivity index (χ1n) is 6.55. The highest BCUT2D eigenvalue weighted by atomic mass is 35.5. The van der Waals surface area contributed by atoms with Gasteiger partial charge in [0.1, 0.15) is 5.75 Å². The van der Waals surface area contributed by atoms with Crippen LogP contribution in [0.15, 0.2) is 42.5 Å². The number of nitrogens with one attached hydrogen (secondary N) is 1. The van der Waals surface area contributed by atoms with Crippen molar-refractivity contribution in [1.82, 2.24) is 0 Å². The lowest BCUT2D eigenvalue weighted by Crippen LogP contribution is -2.30. The van der Waals surface area contributed by atoms with Gasteiger partial charge in [0.25, 0.3) is 5.91 Å². The summed E-state index contributed by atoms with van der Waals surface area (Å²) in [5.74, 6) is 0.352. The minimum Gasteiger partial charge on any atom is -0.481 e. The number of benzene rings is 2. The number of carbonyl (C=O) groups excluding carboxylic acids is 1. The summed E-state index contributed by atoms with van der Waals surface area (Å²) in [4.78, 5) is 12.1. The molecule has 0 heterocycles. The number of nitrogens with two attached hydrogens (primary N) is 1. The Hall–Kier alpha value is -2.20. The Kier molecular flexibility index (Phi) is 4.70. The fourth-order valence-electron chi connectivity index (χ4n) is 1.79. The van der Waals surface area contributed by atoms with Crippen LogP contribution in [0.5, 0.6) is 5.75 Å². The highest BCUT2D eigenvalue weighted by Gasteiger charge is 2.16. The van der Waals surface area contributed by atoms with Gasteiger partial charge in [0, 0.05) is 16.4 Å². The second kappa shape index (κ2) is 6.50. The quantitative estimate of drug-likeness (QED) is 0.848. The number of rotatable bonds is 4. The minimum atomic E-state index is -0.632. The maximum atomic E-state index is 12.1. The van der Waals surface area contributed by atoms with Gasteiger partial charge < -0.3 is 15.8 Å². The summed E-state index contributed by atoms with van der Waals surface area (Å²) in [7, 11) is 0. The zero-order chi connectivity index (χ0) is 15.4. The van der Waals surface area contributed by atoms with Gasteiger partial charge in [-0.1, -0.05) is 17.7 Å². The molecule has 0 saturated heterocycles. The molecule has 2 aromatic carbocycles. The molecule has 2 rings (SSSR count). The van der Waals surface area contributed by atoms with Crippen molar-refractivity contribution in [1.29, 1.82) is 0 Å². The molecule has 2 aromatic rings. The second-order valence-electron chi connectivity index (χ2n) is 4.72. The van der Waals surface area contributed by atoms with E-state index in [9.17, 15) is 4.79 Å². The summed E-state index contributed by atoms with van der Waals surface area (Å²) >= 11 is 5.80. The Balaban J connectivity index is 2.02. The Morgan fingerprint density at radius 2 is 1.90 bits per heavy atom. The molecule has 0 saturated carbocycles. The minimum absolute atomic E-state index is 0.237. The van der Waals surface area contributed by atoms with E-state index in [2.05, 4.69) is 5.32 Å². The second-order valence-corrected chi connectivity index (χ2v) is 5.16. The molecule has 0 spiro atoms. The molecular formula is C16H17ClN2O2. The van der Waals surface area contributed by atoms with Gasteiger partial charge in [0.2, 0.25) is 0 Å². The molecule has 0 radical (unpaired) electrons. The van der Waals surface area contributed by atoms with Crippen LogP contribution in [0.3, 0.4) is 0 Å². The molecule has 1 amide bonds. The van der Waals surface area contributed by atoms with Gasteiger partial charge in [-0.15, -0.1) is 0 Å². The highest BCUT2D eigenvalue weighted by Crippen LogP contribution is 2.21. The van der Waals surface area contributed by atoms with Crippen LogP contribution in [0.2, 0.25) is 5.02 Å². The van der Waals surface area contributed by atoms with Crippen LogP contribution in [-0.2, 0) is 4.79 Å². The molecule has 21 heavy (non-hydrogen) atoms. The van der Waals surface area contributed by atoms with Crippen molar-refractivity contribution in [3.05, 3.63) is 53.1 Å². The molecule has 0 bridgehead atoms. The number of halogens is 1. The van der Waals surface area contributed by atoms with Crippen LogP contribution < -0.4 is 15.8 Å². The zero-order valence-corrected chi connectivity index (χ0v) is 12.6. The molecule has 0 unspecified atom stereocenters. The third kappa shape index (κ3) is 3.89. The van der Waals surface area contributed by atoms with Gasteiger partial charge in [-0.05, 0) is 55.8 Å². The fraction of sp³-hybridized carbons (Fsp3) is 0.188. The Bertz CT molecular complexity index is 641. The molecule has 0 aromatic heterocycles. The Labute approximate surface area is 128 Å². The summed E-state index contributed by atoms with van der Waals surface area (Å²) < 4.78 is 5.57. The molecule has 3 N–H and O–H groups in total. The molecule has 0 aliphatic carbocycles. The van der Waals surface area contributed by atoms with Gasteiger partial charge in [0.15, 0.2) is 6.10 Å². The number of anilines is 2. The summed E-state index contributed by atoms with van der Waals surface area (Å²) in [5, 5.41) is 3.43. The monoisotopic (exact) mass is 304 g/mol.